The van der Waals surface area contributed by atoms with Gasteiger partial charge in [0.1, 0.15) is 65.1 Å². The third kappa shape index (κ3) is 23.3. The van der Waals surface area contributed by atoms with Crippen LogP contribution in [0.25, 0.3) is 52.9 Å². The van der Waals surface area contributed by atoms with Crippen molar-refractivity contribution >= 4 is 142 Å². The van der Waals surface area contributed by atoms with Crippen molar-refractivity contribution in [1.82, 2.24) is 49.8 Å². The number of benzene rings is 5. The number of anilines is 5. The lowest BCUT2D eigenvalue weighted by Gasteiger charge is -2.09. The molecule has 112 heavy (non-hydrogen) atoms. The standard InChI is InChI=1S/2C16H10F3N3OS.C15H10BrN3OS.C15H10ClN3OS.C15H9F2N3OS/c17-16(18,19)11-1-3-12(4-2-11)21-14(23)13-9-24-15(22-13)10-5-7-20-8-6-10;17-16(18,19)11-2-1-3-12(8-11)21-14(23)13-9-24-15(22-13)10-4-6-20-7-5-10;2*16-11-1-3-12(4-2-11)18-14(20)13-9-21-15(19-13)10-5-7-17-8-6-10;16-10-1-2-12(11(17)7-10)19-14(21)13-8-22-15(20-13)9-3-5-18-6-4-9/h2*1-9H,(H,21,23);2*1-9H,(H,18,20);1-8H,(H,19,21). The van der Waals surface area contributed by atoms with Crippen LogP contribution in [0.3, 0.4) is 0 Å². The number of halogens is 10. The fourth-order valence-electron chi connectivity index (χ4n) is 9.17. The quantitative estimate of drug-likeness (QED) is 0.0597. The number of nitrogens with zero attached hydrogens (tertiary/aromatic N) is 10. The van der Waals surface area contributed by atoms with Gasteiger partial charge in [0.2, 0.25) is 0 Å². The van der Waals surface area contributed by atoms with E-state index in [1.165, 1.54) is 87.0 Å². The van der Waals surface area contributed by atoms with Gasteiger partial charge in [-0.1, -0.05) is 33.6 Å². The summed E-state index contributed by atoms with van der Waals surface area (Å²) in [5.74, 6) is -3.59. The van der Waals surface area contributed by atoms with Crippen molar-refractivity contribution in [2.75, 3.05) is 26.6 Å². The maximum atomic E-state index is 13.5. The summed E-state index contributed by atoms with van der Waals surface area (Å²) in [5.41, 5.74) is 5.77. The van der Waals surface area contributed by atoms with Crippen molar-refractivity contribution < 1.29 is 59.1 Å². The minimum absolute atomic E-state index is 0.0632. The van der Waals surface area contributed by atoms with Crippen LogP contribution in [0.4, 0.5) is 63.6 Å². The van der Waals surface area contributed by atoms with Crippen LogP contribution in [0, 0.1) is 11.6 Å². The highest BCUT2D eigenvalue weighted by atomic mass is 79.9. The molecule has 10 heterocycles. The highest BCUT2D eigenvalue weighted by Crippen LogP contribution is 2.34. The van der Waals surface area contributed by atoms with Crippen molar-refractivity contribution in [3.05, 3.63) is 326 Å². The third-order valence-corrected chi connectivity index (χ3v) is 19.9. The number of thiazole rings is 5. The first kappa shape index (κ1) is 80.6. The van der Waals surface area contributed by atoms with Gasteiger partial charge < -0.3 is 26.6 Å². The minimum atomic E-state index is -4.46. The smallest absolute Gasteiger partial charge is 0.321 e. The van der Waals surface area contributed by atoms with E-state index in [1.807, 2.05) is 48.5 Å². The number of pyridine rings is 5. The van der Waals surface area contributed by atoms with Gasteiger partial charge in [0, 0.05) is 155 Å². The highest BCUT2D eigenvalue weighted by molar-refractivity contribution is 9.10. The zero-order valence-electron chi connectivity index (χ0n) is 56.7. The van der Waals surface area contributed by atoms with E-state index < -0.39 is 52.8 Å². The number of hydrogen-bond acceptors (Lipinski definition) is 20. The average Bonchev–Trinajstić information content (AvgIpc) is 1.70. The molecule has 0 radical (unpaired) electrons. The van der Waals surface area contributed by atoms with Crippen LogP contribution < -0.4 is 26.6 Å². The zero-order chi connectivity index (χ0) is 79.2. The summed E-state index contributed by atoms with van der Waals surface area (Å²) in [6.45, 7) is 0. The molecular weight excluding hydrogens is 1640 g/mol. The second-order valence-electron chi connectivity index (χ2n) is 22.4. The predicted molar refractivity (Wildman–Crippen MR) is 421 cm³/mol. The number of nitrogens with one attached hydrogen (secondary N) is 5. The largest absolute Gasteiger partial charge is 0.416 e. The maximum absolute atomic E-state index is 13.5. The predicted octanol–water partition coefficient (Wildman–Crippen LogP) is 21.0. The van der Waals surface area contributed by atoms with Crippen molar-refractivity contribution in [2.45, 2.75) is 12.4 Å². The fourth-order valence-corrected chi connectivity index (χ4v) is 13.6. The van der Waals surface area contributed by atoms with Gasteiger partial charge in [0.05, 0.1) is 16.8 Å². The molecule has 0 unspecified atom stereocenters. The van der Waals surface area contributed by atoms with Crippen molar-refractivity contribution in [3.63, 3.8) is 0 Å². The van der Waals surface area contributed by atoms with Crippen LogP contribution in [0.2, 0.25) is 5.02 Å². The molecule has 0 spiro atoms. The van der Waals surface area contributed by atoms with Crippen LogP contribution >= 0.6 is 84.2 Å². The summed E-state index contributed by atoms with van der Waals surface area (Å²) >= 11 is 15.9. The summed E-state index contributed by atoms with van der Waals surface area (Å²) in [7, 11) is 0. The molecule has 0 aliphatic rings. The zero-order valence-corrected chi connectivity index (χ0v) is 63.2. The van der Waals surface area contributed by atoms with Crippen LogP contribution in [-0.4, -0.2) is 79.4 Å². The Kier molecular flexibility index (Phi) is 27.5. The van der Waals surface area contributed by atoms with E-state index in [2.05, 4.69) is 92.4 Å². The first-order chi connectivity index (χ1) is 53.9. The van der Waals surface area contributed by atoms with Crippen molar-refractivity contribution in [1.29, 1.82) is 0 Å². The Bertz CT molecular complexity index is 5530. The van der Waals surface area contributed by atoms with E-state index in [0.29, 0.717) is 43.2 Å². The second kappa shape index (κ2) is 38.3. The van der Waals surface area contributed by atoms with E-state index in [0.717, 1.165) is 78.3 Å². The Morgan fingerprint density at radius 1 is 0.330 bits per heavy atom. The topological polar surface area (TPSA) is 274 Å². The van der Waals surface area contributed by atoms with Crippen LogP contribution in [0.15, 0.2) is 269 Å². The van der Waals surface area contributed by atoms with Crippen LogP contribution in [-0.2, 0) is 12.4 Å². The molecule has 15 rings (SSSR count). The molecule has 5 aromatic carbocycles. The Morgan fingerprint density at radius 2 is 0.625 bits per heavy atom. The lowest BCUT2D eigenvalue weighted by atomic mass is 10.2. The number of alkyl halides is 6. The SMILES string of the molecule is O=C(Nc1ccc(Br)cc1)c1csc(-c2ccncc2)n1.O=C(Nc1ccc(C(F)(F)F)cc1)c1csc(-c2ccncc2)n1.O=C(Nc1ccc(Cl)cc1)c1csc(-c2ccncc2)n1.O=C(Nc1ccc(F)cc1F)c1csc(-c2ccncc2)n1.O=C(Nc1cccc(C(F)(F)F)c1)c1csc(-c2ccncc2)n1. The molecule has 5 N–H and O–H groups in total. The van der Waals surface area contributed by atoms with E-state index >= 15 is 0 Å². The Balaban J connectivity index is 0.000000139. The second-order valence-corrected chi connectivity index (χ2v) is 28.1. The van der Waals surface area contributed by atoms with Gasteiger partial charge >= 0.3 is 12.4 Å². The van der Waals surface area contributed by atoms with Gasteiger partial charge in [-0.2, -0.15) is 26.3 Å². The van der Waals surface area contributed by atoms with Gasteiger partial charge in [-0.3, -0.25) is 48.9 Å². The molecule has 0 saturated heterocycles. The molecule has 0 bridgehead atoms. The van der Waals surface area contributed by atoms with E-state index in [1.54, 1.807) is 150 Å². The molecule has 0 atom stereocenters. The first-order valence-electron chi connectivity index (χ1n) is 32.1. The molecule has 20 nitrogen and oxygen atoms in total. The molecule has 10 aromatic heterocycles. The summed E-state index contributed by atoms with van der Waals surface area (Å²) < 4.78 is 103. The summed E-state index contributed by atoms with van der Waals surface area (Å²) in [4.78, 5) is 102. The number of carbonyl (C=O) groups excluding carboxylic acids is 5. The minimum Gasteiger partial charge on any atom is -0.321 e. The Morgan fingerprint density at radius 3 is 0.938 bits per heavy atom. The lowest BCUT2D eigenvalue weighted by Crippen LogP contribution is -2.13. The van der Waals surface area contributed by atoms with E-state index in [-0.39, 0.29) is 46.0 Å². The molecule has 35 heteroatoms. The Labute approximate surface area is 663 Å². The number of rotatable bonds is 15. The van der Waals surface area contributed by atoms with Crippen LogP contribution in [0.1, 0.15) is 63.6 Å². The molecule has 5 amide bonds. The Hall–Kier alpha value is -12.4. The molecule has 0 saturated carbocycles. The molecule has 0 fully saturated rings. The molecule has 15 aromatic rings. The average molecular weight is 1690 g/mol. The third-order valence-electron chi connectivity index (χ3n) is 14.6. The van der Waals surface area contributed by atoms with Gasteiger partial charge in [-0.05, 0) is 164 Å². The summed E-state index contributed by atoms with van der Waals surface area (Å²) in [6.07, 6.45) is 7.67. The van der Waals surface area contributed by atoms with Gasteiger partial charge in [-0.25, -0.2) is 33.7 Å². The summed E-state index contributed by atoms with van der Waals surface area (Å²) in [6, 6.07) is 44.1. The molecule has 0 aliphatic carbocycles. The van der Waals surface area contributed by atoms with Crippen molar-refractivity contribution in [3.8, 4) is 52.9 Å². The molecule has 0 aliphatic heterocycles. The van der Waals surface area contributed by atoms with Gasteiger partial charge in [0.15, 0.2) is 0 Å². The monoisotopic (exact) mass is 1690 g/mol. The van der Waals surface area contributed by atoms with Crippen LogP contribution in [0.5, 0.6) is 0 Å². The fraction of sp³-hybridized carbons (Fsp3) is 0.0260. The summed E-state index contributed by atoms with van der Waals surface area (Å²) in [5, 5.41) is 25.3. The van der Waals surface area contributed by atoms with Crippen molar-refractivity contribution in [2.24, 2.45) is 0 Å². The lowest BCUT2D eigenvalue weighted by molar-refractivity contribution is -0.138. The molecular formula is C77H49BrClF8N15O5S5. The van der Waals surface area contributed by atoms with E-state index in [9.17, 15) is 59.1 Å². The maximum Gasteiger partial charge on any atom is 0.416 e. The van der Waals surface area contributed by atoms with Gasteiger partial charge in [0.25, 0.3) is 29.5 Å². The van der Waals surface area contributed by atoms with Gasteiger partial charge in [-0.15, -0.1) is 56.7 Å². The first-order valence-corrected chi connectivity index (χ1v) is 37.7. The number of aromatic nitrogens is 10. The normalized spacial score (nSPS) is 10.8. The van der Waals surface area contributed by atoms with E-state index in [4.69, 9.17) is 11.6 Å². The number of carbonyl (C=O) groups is 5. The highest BCUT2D eigenvalue weighted by Gasteiger charge is 2.32. The number of hydrogen-bond donors (Lipinski definition) is 5. The number of amides is 5. The molecule has 562 valence electrons.